The number of anilines is 2. The van der Waals surface area contributed by atoms with E-state index in [4.69, 9.17) is 4.42 Å². The molecule has 0 atom stereocenters. The molecule has 3 nitrogen and oxygen atoms in total. The van der Waals surface area contributed by atoms with Crippen LogP contribution in [0.3, 0.4) is 0 Å². The molecule has 0 aliphatic carbocycles. The average molecular weight is 834 g/mol. The molecule has 0 spiro atoms. The zero-order valence-corrected chi connectivity index (χ0v) is 37.2. The summed E-state index contributed by atoms with van der Waals surface area (Å²) in [5.74, 6) is 0. The lowest BCUT2D eigenvalue weighted by molar-refractivity contribution is 0.590. The van der Waals surface area contributed by atoms with E-state index >= 15 is 0 Å². The van der Waals surface area contributed by atoms with Crippen LogP contribution in [0.2, 0.25) is 0 Å². The Bertz CT molecular complexity index is 3880. The number of benzene rings is 8. The SMILES string of the molecule is CC(C)(C)c1ccc(Nc2cc3sc4cc(C(C)(C)C)ccc4c3cc2-c2ccc3c4cc5sc6ccccc6c5cc4n4c3c2[B]c2cc3oc5ccccc5c3cc2-4)cc1. The minimum atomic E-state index is 0.0697. The van der Waals surface area contributed by atoms with Crippen molar-refractivity contribution in [3.8, 4) is 16.8 Å². The van der Waals surface area contributed by atoms with Gasteiger partial charge in [0.15, 0.2) is 7.28 Å². The van der Waals surface area contributed by atoms with Crippen molar-refractivity contribution in [2.75, 3.05) is 5.32 Å². The molecule has 0 bridgehead atoms. The largest absolute Gasteiger partial charge is 0.456 e. The van der Waals surface area contributed by atoms with Crippen molar-refractivity contribution in [1.82, 2.24) is 4.57 Å². The highest BCUT2D eigenvalue weighted by Gasteiger charge is 2.29. The fraction of sp³-hybridized carbons (Fsp3) is 0.143. The number of rotatable bonds is 3. The Morgan fingerprint density at radius 3 is 2.00 bits per heavy atom. The van der Waals surface area contributed by atoms with Gasteiger partial charge < -0.3 is 14.3 Å². The van der Waals surface area contributed by atoms with E-state index in [0.29, 0.717) is 0 Å². The molecular formula is C56H42BN2OS2. The molecule has 0 fully saturated rings. The first-order valence-electron chi connectivity index (χ1n) is 21.6. The first-order chi connectivity index (χ1) is 29.9. The molecule has 0 saturated heterocycles. The van der Waals surface area contributed by atoms with E-state index in [1.165, 1.54) is 95.6 Å². The van der Waals surface area contributed by atoms with Crippen LogP contribution in [0.15, 0.2) is 144 Å². The Morgan fingerprint density at radius 1 is 0.500 bits per heavy atom. The summed E-state index contributed by atoms with van der Waals surface area (Å²) in [6, 6.07) is 52.4. The Hall–Kier alpha value is -6.34. The van der Waals surface area contributed by atoms with Crippen molar-refractivity contribution < 1.29 is 4.42 Å². The number of hydrogen-bond acceptors (Lipinski definition) is 4. The third-order valence-electron chi connectivity index (χ3n) is 13.3. The molecule has 12 aromatic rings. The minimum Gasteiger partial charge on any atom is -0.456 e. The van der Waals surface area contributed by atoms with Gasteiger partial charge in [0.25, 0.3) is 0 Å². The van der Waals surface area contributed by atoms with E-state index in [-0.39, 0.29) is 10.8 Å². The Morgan fingerprint density at radius 2 is 1.18 bits per heavy atom. The number of nitrogens with zero attached hydrogens (tertiary/aromatic N) is 1. The summed E-state index contributed by atoms with van der Waals surface area (Å²) in [6.45, 7) is 13.7. The van der Waals surface area contributed by atoms with Gasteiger partial charge in [-0.1, -0.05) is 120 Å². The number of hydrogen-bond donors (Lipinski definition) is 1. The van der Waals surface area contributed by atoms with E-state index in [0.717, 1.165) is 38.8 Å². The molecule has 8 aromatic carbocycles. The van der Waals surface area contributed by atoms with Crippen LogP contribution in [0.5, 0.6) is 0 Å². The smallest absolute Gasteiger partial charge is 0.198 e. The number of thiophene rings is 2. The third-order valence-corrected chi connectivity index (χ3v) is 15.6. The zero-order chi connectivity index (χ0) is 41.8. The van der Waals surface area contributed by atoms with Crippen LogP contribution in [-0.4, -0.2) is 11.8 Å². The van der Waals surface area contributed by atoms with Crippen LogP contribution in [0, 0.1) is 0 Å². The van der Waals surface area contributed by atoms with E-state index in [1.807, 2.05) is 22.7 Å². The van der Waals surface area contributed by atoms with Crippen LogP contribution < -0.4 is 16.2 Å². The summed E-state index contributed by atoms with van der Waals surface area (Å²) in [5.41, 5.74) is 15.2. The number of nitrogens with one attached hydrogen (secondary N) is 1. The highest BCUT2D eigenvalue weighted by molar-refractivity contribution is 7.26. The van der Waals surface area contributed by atoms with Gasteiger partial charge in [0.05, 0.1) is 5.52 Å². The fourth-order valence-corrected chi connectivity index (χ4v) is 12.3. The van der Waals surface area contributed by atoms with Gasteiger partial charge in [-0.2, -0.15) is 0 Å². The van der Waals surface area contributed by atoms with Crippen molar-refractivity contribution in [2.24, 2.45) is 0 Å². The topological polar surface area (TPSA) is 30.1 Å². The second kappa shape index (κ2) is 12.6. The highest BCUT2D eigenvalue weighted by atomic mass is 32.1. The number of para-hydroxylation sites is 1. The molecule has 0 saturated carbocycles. The van der Waals surface area contributed by atoms with Gasteiger partial charge in [0, 0.05) is 90.0 Å². The molecule has 4 aromatic heterocycles. The van der Waals surface area contributed by atoms with Gasteiger partial charge >= 0.3 is 0 Å². The summed E-state index contributed by atoms with van der Waals surface area (Å²) in [6.07, 6.45) is 0. The van der Waals surface area contributed by atoms with Gasteiger partial charge in [-0.3, -0.25) is 0 Å². The first kappa shape index (κ1) is 36.3. The van der Waals surface area contributed by atoms with E-state index < -0.39 is 0 Å². The number of fused-ring (bicyclic) bond motifs is 14. The third kappa shape index (κ3) is 5.29. The van der Waals surface area contributed by atoms with Crippen molar-refractivity contribution in [2.45, 2.75) is 52.4 Å². The standard InChI is InChI=1S/C56H42BN2OS2/c1-55(2,3)30-15-18-32(19-16-30)58-44-29-52-41(35-20-17-31(56(4,5)6)23-50(35)62-52)24-38(44)36-21-22-37-39-27-51-42(34-12-8-10-14-49(34)61-51)26-45(39)59-46-25-40-33-11-7-9-13-47(33)60-48(40)28-43(46)57-53(36)54(37)59/h7-29,58H,1-6H3. The van der Waals surface area contributed by atoms with Crippen molar-refractivity contribution in [3.05, 3.63) is 151 Å². The second-order valence-electron chi connectivity index (χ2n) is 19.3. The van der Waals surface area contributed by atoms with Crippen LogP contribution in [-0.2, 0) is 10.8 Å². The molecule has 1 aliphatic rings. The molecule has 1 N–H and O–H groups in total. The highest BCUT2D eigenvalue weighted by Crippen LogP contribution is 2.46. The molecule has 62 heavy (non-hydrogen) atoms. The lowest BCUT2D eigenvalue weighted by Crippen LogP contribution is -2.37. The second-order valence-corrected chi connectivity index (χ2v) is 21.4. The normalized spacial score (nSPS) is 13.1. The molecule has 1 aliphatic heterocycles. The van der Waals surface area contributed by atoms with E-state index in [2.05, 4.69) is 198 Å². The molecule has 1 radical (unpaired) electrons. The zero-order valence-electron chi connectivity index (χ0n) is 35.5. The van der Waals surface area contributed by atoms with Gasteiger partial charge in [0.2, 0.25) is 0 Å². The Labute approximate surface area is 368 Å². The van der Waals surface area contributed by atoms with Crippen molar-refractivity contribution >= 4 is 136 Å². The molecular weight excluding hydrogens is 792 g/mol. The maximum atomic E-state index is 6.55. The monoisotopic (exact) mass is 833 g/mol. The maximum absolute atomic E-state index is 6.55. The van der Waals surface area contributed by atoms with Crippen LogP contribution in [0.1, 0.15) is 52.7 Å². The van der Waals surface area contributed by atoms with Crippen molar-refractivity contribution in [1.29, 1.82) is 0 Å². The molecule has 5 heterocycles. The van der Waals surface area contributed by atoms with Crippen LogP contribution >= 0.6 is 22.7 Å². The van der Waals surface area contributed by atoms with Crippen LogP contribution in [0.25, 0.3) is 101 Å². The van der Waals surface area contributed by atoms with E-state index in [9.17, 15) is 0 Å². The van der Waals surface area contributed by atoms with Crippen molar-refractivity contribution in [3.63, 3.8) is 0 Å². The predicted octanol–water partition coefficient (Wildman–Crippen LogP) is 15.4. The molecule has 13 rings (SSSR count). The summed E-state index contributed by atoms with van der Waals surface area (Å²) in [4.78, 5) is 0. The minimum absolute atomic E-state index is 0.0697. The first-order valence-corrected chi connectivity index (χ1v) is 23.2. The van der Waals surface area contributed by atoms with Gasteiger partial charge in [0.1, 0.15) is 11.2 Å². The molecule has 6 heteroatoms. The van der Waals surface area contributed by atoms with Gasteiger partial charge in [-0.15, -0.1) is 22.7 Å². The molecule has 0 unspecified atom stereocenters. The summed E-state index contributed by atoms with van der Waals surface area (Å²) >= 11 is 3.77. The quantitative estimate of drug-likeness (QED) is 0.180. The number of aromatic nitrogens is 1. The lowest BCUT2D eigenvalue weighted by atomic mass is 9.59. The number of furan rings is 1. The van der Waals surface area contributed by atoms with Gasteiger partial charge in [-0.25, -0.2) is 0 Å². The lowest BCUT2D eigenvalue weighted by Gasteiger charge is -2.24. The Kier molecular flexibility index (Phi) is 7.40. The average Bonchev–Trinajstić information content (AvgIpc) is 4.00. The Balaban J connectivity index is 1.11. The summed E-state index contributed by atoms with van der Waals surface area (Å²) < 4.78 is 14.3. The summed E-state index contributed by atoms with van der Waals surface area (Å²) in [5, 5.41) is 14.0. The van der Waals surface area contributed by atoms with E-state index in [1.54, 1.807) is 0 Å². The fourth-order valence-electron chi connectivity index (χ4n) is 10.0. The molecule has 0 amide bonds. The summed E-state index contributed by atoms with van der Waals surface area (Å²) in [7, 11) is 2.42. The van der Waals surface area contributed by atoms with Crippen LogP contribution in [0.4, 0.5) is 11.4 Å². The molecule has 297 valence electrons. The predicted molar refractivity (Wildman–Crippen MR) is 271 cm³/mol. The van der Waals surface area contributed by atoms with Gasteiger partial charge in [-0.05, 0) is 99.7 Å². The maximum Gasteiger partial charge on any atom is 0.198 e.